The predicted octanol–water partition coefficient (Wildman–Crippen LogP) is 12.8. The van der Waals surface area contributed by atoms with Gasteiger partial charge in [-0.15, -0.1) is 0 Å². The number of rotatable bonds is 7. The van der Waals surface area contributed by atoms with Gasteiger partial charge in [-0.3, -0.25) is 0 Å². The molecule has 0 spiro atoms. The van der Waals surface area contributed by atoms with Crippen molar-refractivity contribution >= 4 is 94.4 Å². The summed E-state index contributed by atoms with van der Waals surface area (Å²) in [6.07, 6.45) is 0. The smallest absolute Gasteiger partial charge is 0.179 e. The van der Waals surface area contributed by atoms with Crippen LogP contribution in [0.2, 0.25) is 0 Å². The van der Waals surface area contributed by atoms with Gasteiger partial charge in [-0.1, -0.05) is 176 Å². The van der Waals surface area contributed by atoms with Crippen molar-refractivity contribution in [2.24, 2.45) is 0 Å². The van der Waals surface area contributed by atoms with E-state index in [0.29, 0.717) is 0 Å². The lowest BCUT2D eigenvalue weighted by atomic mass is 10.0. The van der Waals surface area contributed by atoms with Gasteiger partial charge in [0.05, 0.1) is 22.1 Å². The molecular weight excluding hydrogens is 793 g/mol. The van der Waals surface area contributed by atoms with Crippen LogP contribution in [0.25, 0.3) is 88.1 Å². The molecule has 3 aromatic heterocycles. The molecule has 0 atom stereocenters. The Morgan fingerprint density at radius 3 is 1.47 bits per heavy atom. The second-order valence-electron chi connectivity index (χ2n) is 16.8. The van der Waals surface area contributed by atoms with Gasteiger partial charge in [-0.2, -0.15) is 0 Å². The molecule has 0 N–H and O–H groups in total. The van der Waals surface area contributed by atoms with Gasteiger partial charge in [0.2, 0.25) is 0 Å². The van der Waals surface area contributed by atoms with Crippen molar-refractivity contribution in [3.8, 4) is 22.5 Å². The van der Waals surface area contributed by atoms with E-state index in [9.17, 15) is 0 Å². The lowest BCUT2D eigenvalue weighted by Gasteiger charge is -2.35. The summed E-state index contributed by atoms with van der Waals surface area (Å²) in [7, 11) is -2.98. The first-order valence-corrected chi connectivity index (χ1v) is 24.0. The van der Waals surface area contributed by atoms with E-state index in [0.717, 1.165) is 38.8 Å². The number of furan rings is 1. The third kappa shape index (κ3) is 5.46. The Balaban J connectivity index is 1.05. The van der Waals surface area contributed by atoms with Crippen LogP contribution >= 0.6 is 0 Å². The zero-order chi connectivity index (χ0) is 42.2. The zero-order valence-electron chi connectivity index (χ0n) is 34.9. The SMILES string of the molecule is c1ccc(-n2c3ccccc3c3cc(-c4cccc([Si](c5ccccc5)(c5ccccc5)c5cccc(-n6c7ccccc7c7cc8oc9ccccc9c8cc76)c5)c4)ccc32)cc1. The molecule has 3 heterocycles. The molecule has 0 bridgehead atoms. The second kappa shape index (κ2) is 14.5. The van der Waals surface area contributed by atoms with E-state index in [2.05, 4.69) is 246 Å². The first kappa shape index (κ1) is 36.5. The van der Waals surface area contributed by atoms with E-state index < -0.39 is 8.07 Å². The molecule has 64 heavy (non-hydrogen) atoms. The average Bonchev–Trinajstić information content (AvgIpc) is 4.01. The average molecular weight is 833 g/mol. The van der Waals surface area contributed by atoms with Crippen molar-refractivity contribution in [1.82, 2.24) is 9.13 Å². The highest BCUT2D eigenvalue weighted by molar-refractivity contribution is 7.20. The zero-order valence-corrected chi connectivity index (χ0v) is 35.9. The molecule has 0 radical (unpaired) electrons. The van der Waals surface area contributed by atoms with Crippen LogP contribution in [0.3, 0.4) is 0 Å². The maximum atomic E-state index is 6.43. The van der Waals surface area contributed by atoms with Crippen molar-refractivity contribution < 1.29 is 4.42 Å². The normalized spacial score (nSPS) is 12.1. The fraction of sp³-hybridized carbons (Fsp3) is 0. The van der Waals surface area contributed by atoms with E-state index >= 15 is 0 Å². The van der Waals surface area contributed by atoms with Crippen LogP contribution in [-0.2, 0) is 0 Å². The molecule has 10 aromatic carbocycles. The number of para-hydroxylation sites is 4. The summed E-state index contributed by atoms with van der Waals surface area (Å²) < 4.78 is 11.3. The number of aromatic nitrogens is 2. The standard InChI is InChI=1S/C60H40N2OSi/c1-4-19-43(20-5-1)61-55-31-13-10-28-49(55)52-37-42(34-35-57(52)61)41-18-16-26-47(36-41)64(45-22-6-2-7-23-45,46-24-8-3-9-25-46)48-27-17-21-44(38-48)62-56-32-14-11-29-50(56)53-40-60-54(39-58(53)62)51-30-12-15-33-59(51)63-60/h1-40H. The summed E-state index contributed by atoms with van der Waals surface area (Å²) in [5.41, 5.74) is 11.3. The molecule has 0 amide bonds. The molecule has 0 aliphatic heterocycles. The Hall–Kier alpha value is -8.18. The Bertz CT molecular complexity index is 3860. The van der Waals surface area contributed by atoms with Gasteiger partial charge >= 0.3 is 0 Å². The Kier molecular flexibility index (Phi) is 8.23. The van der Waals surface area contributed by atoms with E-state index in [4.69, 9.17) is 4.42 Å². The monoisotopic (exact) mass is 832 g/mol. The molecule has 13 aromatic rings. The fourth-order valence-corrected chi connectivity index (χ4v) is 15.5. The maximum Gasteiger partial charge on any atom is 0.179 e. The quantitative estimate of drug-likeness (QED) is 0.116. The van der Waals surface area contributed by atoms with Crippen LogP contribution in [-0.4, -0.2) is 17.2 Å². The van der Waals surface area contributed by atoms with Gasteiger partial charge < -0.3 is 13.6 Å². The van der Waals surface area contributed by atoms with E-state index in [-0.39, 0.29) is 0 Å². The van der Waals surface area contributed by atoms with Crippen LogP contribution in [0.15, 0.2) is 247 Å². The molecule has 0 aliphatic carbocycles. The molecule has 0 saturated carbocycles. The van der Waals surface area contributed by atoms with Crippen molar-refractivity contribution in [3.05, 3.63) is 243 Å². The third-order valence-corrected chi connectivity index (χ3v) is 18.2. The summed E-state index contributed by atoms with van der Waals surface area (Å²) in [5.74, 6) is 0. The van der Waals surface area contributed by atoms with E-state index in [1.54, 1.807) is 0 Å². The summed E-state index contributed by atoms with van der Waals surface area (Å²) >= 11 is 0. The summed E-state index contributed by atoms with van der Waals surface area (Å²) in [4.78, 5) is 0. The van der Waals surface area contributed by atoms with Crippen LogP contribution in [0.5, 0.6) is 0 Å². The minimum atomic E-state index is -2.98. The Morgan fingerprint density at radius 2 is 0.766 bits per heavy atom. The number of hydrogen-bond donors (Lipinski definition) is 0. The van der Waals surface area contributed by atoms with Crippen LogP contribution in [0, 0.1) is 0 Å². The summed E-state index contributed by atoms with van der Waals surface area (Å²) in [6, 6.07) is 89.5. The topological polar surface area (TPSA) is 23.0 Å². The highest BCUT2D eigenvalue weighted by atomic mass is 28.3. The van der Waals surface area contributed by atoms with Gasteiger partial charge in [0, 0.05) is 43.7 Å². The van der Waals surface area contributed by atoms with Crippen molar-refractivity contribution in [2.75, 3.05) is 0 Å². The van der Waals surface area contributed by atoms with Gasteiger partial charge in [0.25, 0.3) is 0 Å². The van der Waals surface area contributed by atoms with Crippen LogP contribution in [0.1, 0.15) is 0 Å². The van der Waals surface area contributed by atoms with Crippen molar-refractivity contribution in [1.29, 1.82) is 0 Å². The highest BCUT2D eigenvalue weighted by Crippen LogP contribution is 2.39. The van der Waals surface area contributed by atoms with Crippen LogP contribution < -0.4 is 20.7 Å². The summed E-state index contributed by atoms with van der Waals surface area (Å²) in [5, 5.41) is 12.5. The molecule has 13 rings (SSSR count). The molecular formula is C60H40N2OSi. The molecule has 0 saturated heterocycles. The third-order valence-electron chi connectivity index (χ3n) is 13.4. The number of nitrogens with zero attached hydrogens (tertiary/aromatic N) is 2. The molecule has 0 unspecified atom stereocenters. The van der Waals surface area contributed by atoms with Gasteiger partial charge in [-0.05, 0) is 98.6 Å². The molecule has 300 valence electrons. The van der Waals surface area contributed by atoms with Gasteiger partial charge in [0.1, 0.15) is 11.2 Å². The minimum absolute atomic E-state index is 0.908. The largest absolute Gasteiger partial charge is 0.456 e. The van der Waals surface area contributed by atoms with Gasteiger partial charge in [-0.25, -0.2) is 0 Å². The first-order valence-electron chi connectivity index (χ1n) is 22.0. The predicted molar refractivity (Wildman–Crippen MR) is 271 cm³/mol. The highest BCUT2D eigenvalue weighted by Gasteiger charge is 2.42. The first-order chi connectivity index (χ1) is 31.7. The second-order valence-corrected chi connectivity index (χ2v) is 20.7. The summed E-state index contributed by atoms with van der Waals surface area (Å²) in [6.45, 7) is 0. The molecule has 3 nitrogen and oxygen atoms in total. The lowest BCUT2D eigenvalue weighted by molar-refractivity contribution is 0.669. The van der Waals surface area contributed by atoms with E-state index in [1.807, 2.05) is 6.07 Å². The van der Waals surface area contributed by atoms with Crippen LogP contribution in [0.4, 0.5) is 0 Å². The molecule has 0 aliphatic rings. The minimum Gasteiger partial charge on any atom is -0.456 e. The Morgan fingerprint density at radius 1 is 0.266 bits per heavy atom. The number of benzene rings is 10. The van der Waals surface area contributed by atoms with Crippen molar-refractivity contribution in [3.63, 3.8) is 0 Å². The maximum absolute atomic E-state index is 6.43. The molecule has 0 fully saturated rings. The fourth-order valence-electron chi connectivity index (χ4n) is 10.7. The number of fused-ring (bicyclic) bond motifs is 9. The lowest BCUT2D eigenvalue weighted by Crippen LogP contribution is -2.74. The Labute approximate surface area is 371 Å². The van der Waals surface area contributed by atoms with E-state index in [1.165, 1.54) is 70.0 Å². The van der Waals surface area contributed by atoms with Crippen molar-refractivity contribution in [2.45, 2.75) is 0 Å². The number of hydrogen-bond acceptors (Lipinski definition) is 1. The van der Waals surface area contributed by atoms with Gasteiger partial charge in [0.15, 0.2) is 8.07 Å². The molecule has 4 heteroatoms.